The van der Waals surface area contributed by atoms with Crippen molar-refractivity contribution in [3.63, 3.8) is 0 Å². The van der Waals surface area contributed by atoms with Gasteiger partial charge in [-0.05, 0) is 48.5 Å². The van der Waals surface area contributed by atoms with Gasteiger partial charge in [-0.2, -0.15) is 0 Å². The molecule has 0 saturated carbocycles. The zero-order valence-electron chi connectivity index (χ0n) is 27.7. The second-order valence-corrected chi connectivity index (χ2v) is 12.5. The quantitative estimate of drug-likeness (QED) is 0.202. The van der Waals surface area contributed by atoms with Gasteiger partial charge in [0.15, 0.2) is 0 Å². The van der Waals surface area contributed by atoms with Crippen LogP contribution in [0.4, 0.5) is 0 Å². The molecule has 244 valence electrons. The summed E-state index contributed by atoms with van der Waals surface area (Å²) in [6.07, 6.45) is 3.60. The number of rotatable bonds is 3. The molecule has 0 radical (unpaired) electrons. The van der Waals surface area contributed by atoms with E-state index < -0.39 is 0 Å². The van der Waals surface area contributed by atoms with Crippen LogP contribution in [0, 0.1) is 0 Å². The van der Waals surface area contributed by atoms with Crippen molar-refractivity contribution in [2.45, 2.75) is 0 Å². The van der Waals surface area contributed by atoms with Crippen molar-refractivity contribution in [3.05, 3.63) is 199 Å². The normalized spacial score (nSPS) is 10.8. The molecule has 0 aliphatic carbocycles. The van der Waals surface area contributed by atoms with E-state index in [9.17, 15) is 0 Å². The minimum absolute atomic E-state index is 0.717. The van der Waals surface area contributed by atoms with E-state index in [1.165, 1.54) is 43.6 Å². The molecule has 4 aromatic heterocycles. The van der Waals surface area contributed by atoms with Crippen molar-refractivity contribution in [2.24, 2.45) is 0 Å². The summed E-state index contributed by atoms with van der Waals surface area (Å²) in [6, 6.07) is 62.0. The van der Waals surface area contributed by atoms with Gasteiger partial charge in [0.25, 0.3) is 0 Å². The smallest absolute Gasteiger partial charge is 0.0722 e. The Morgan fingerprint density at radius 1 is 0.412 bits per heavy atom. The molecular weight excluding hydrogens is 644 g/mol. The van der Waals surface area contributed by atoms with Gasteiger partial charge >= 0.3 is 0 Å². The summed E-state index contributed by atoms with van der Waals surface area (Å²) in [5.41, 5.74) is 10.1. The lowest BCUT2D eigenvalue weighted by molar-refractivity contribution is 1.16. The van der Waals surface area contributed by atoms with Crippen molar-refractivity contribution < 1.29 is 0 Å². The number of fused-ring (bicyclic) bond motifs is 6. The summed E-state index contributed by atoms with van der Waals surface area (Å²) < 4.78 is 2.32. The van der Waals surface area contributed by atoms with E-state index in [4.69, 9.17) is 11.6 Å². The molecule has 0 atom stereocenters. The summed E-state index contributed by atoms with van der Waals surface area (Å²) >= 11 is 5.85. The lowest BCUT2D eigenvalue weighted by Crippen LogP contribution is -1.95. The maximum absolute atomic E-state index is 5.85. The number of nitrogens with one attached hydrogen (secondary N) is 1. The fourth-order valence-corrected chi connectivity index (χ4v) is 6.66. The Bertz CT molecular complexity index is 2610. The fraction of sp³-hybridized carbons (Fsp3) is 0. The maximum atomic E-state index is 5.85. The summed E-state index contributed by atoms with van der Waals surface area (Å²) in [6.45, 7) is 0. The third-order valence-electron chi connectivity index (χ3n) is 8.86. The predicted octanol–water partition coefficient (Wildman–Crippen LogP) is 12.6. The molecule has 0 amide bonds. The molecule has 4 nitrogen and oxygen atoms in total. The van der Waals surface area contributed by atoms with Crippen molar-refractivity contribution >= 4 is 55.2 Å². The first-order valence-corrected chi connectivity index (χ1v) is 17.2. The molecule has 0 bridgehead atoms. The van der Waals surface area contributed by atoms with E-state index in [1.807, 2.05) is 60.8 Å². The Labute approximate surface area is 301 Å². The molecule has 0 fully saturated rings. The van der Waals surface area contributed by atoms with Gasteiger partial charge in [-0.25, -0.2) is 0 Å². The summed E-state index contributed by atoms with van der Waals surface area (Å²) in [5, 5.41) is 5.87. The number of hydrogen-bond acceptors (Lipinski definition) is 2. The SMILES string of the molecule is Clc1ccnc(-c2ccccc2)c1.c1ccc(-c2cc(-n3c4ccccc4c4ccccc43)ccn2)cc1.c1ccc2c(c1)[nH]c1ccccc12. The van der Waals surface area contributed by atoms with E-state index in [-0.39, 0.29) is 0 Å². The standard InChI is InChI=1S/C23H16N2.C12H9N.C11H8ClN/c1-2-8-17(9-3-1)21-16-18(14-15-24-21)25-22-12-6-4-10-19(22)20-11-5-7-13-23(20)25;1-3-7-11-9(5-1)10-6-2-4-8-12(10)13-11;12-10-6-7-13-11(8-10)9-4-2-1-3-5-9/h1-16H;1-8,13H;1-8H. The summed E-state index contributed by atoms with van der Waals surface area (Å²) in [7, 11) is 0. The van der Waals surface area contributed by atoms with Gasteiger partial charge in [0.2, 0.25) is 0 Å². The second kappa shape index (κ2) is 14.6. The molecule has 51 heavy (non-hydrogen) atoms. The van der Waals surface area contributed by atoms with Crippen molar-refractivity contribution in [1.29, 1.82) is 0 Å². The van der Waals surface area contributed by atoms with Gasteiger partial charge in [-0.1, -0.05) is 145 Å². The van der Waals surface area contributed by atoms with Crippen LogP contribution in [0.3, 0.4) is 0 Å². The number of benzene rings is 6. The second-order valence-electron chi connectivity index (χ2n) is 12.1. The average Bonchev–Trinajstić information content (AvgIpc) is 3.75. The monoisotopic (exact) mass is 676 g/mol. The number of hydrogen-bond donors (Lipinski definition) is 1. The number of pyridine rings is 2. The molecule has 0 spiro atoms. The Hall–Kier alpha value is -6.49. The molecule has 6 aromatic carbocycles. The van der Waals surface area contributed by atoms with Crippen LogP contribution in [0.1, 0.15) is 0 Å². The van der Waals surface area contributed by atoms with Gasteiger partial charge in [-0.15, -0.1) is 0 Å². The number of nitrogens with zero attached hydrogens (tertiary/aromatic N) is 3. The largest absolute Gasteiger partial charge is 0.355 e. The van der Waals surface area contributed by atoms with Crippen molar-refractivity contribution in [2.75, 3.05) is 0 Å². The highest BCUT2D eigenvalue weighted by molar-refractivity contribution is 6.30. The highest BCUT2D eigenvalue weighted by atomic mass is 35.5. The van der Waals surface area contributed by atoms with Crippen LogP contribution in [-0.4, -0.2) is 19.5 Å². The maximum Gasteiger partial charge on any atom is 0.0722 e. The predicted molar refractivity (Wildman–Crippen MR) is 214 cm³/mol. The number of H-pyrrole nitrogens is 1. The van der Waals surface area contributed by atoms with Crippen LogP contribution < -0.4 is 0 Å². The molecule has 10 rings (SSSR count). The van der Waals surface area contributed by atoms with Crippen LogP contribution in [0.15, 0.2) is 194 Å². The molecule has 10 aromatic rings. The number of aromatic nitrogens is 4. The first kappa shape index (κ1) is 31.8. The first-order chi connectivity index (χ1) is 25.2. The number of aromatic amines is 1. The van der Waals surface area contributed by atoms with Crippen LogP contribution in [0.5, 0.6) is 0 Å². The molecular formula is C46H33ClN4. The third kappa shape index (κ3) is 6.73. The topological polar surface area (TPSA) is 46.5 Å². The minimum Gasteiger partial charge on any atom is -0.355 e. The average molecular weight is 677 g/mol. The Morgan fingerprint density at radius 2 is 0.843 bits per heavy atom. The molecule has 0 saturated heterocycles. The molecule has 4 heterocycles. The van der Waals surface area contributed by atoms with Gasteiger partial charge in [-0.3, -0.25) is 9.97 Å². The Morgan fingerprint density at radius 3 is 1.37 bits per heavy atom. The molecule has 0 unspecified atom stereocenters. The highest BCUT2D eigenvalue weighted by Crippen LogP contribution is 2.32. The van der Waals surface area contributed by atoms with E-state index >= 15 is 0 Å². The van der Waals surface area contributed by atoms with Crippen LogP contribution in [0.25, 0.3) is 71.8 Å². The summed E-state index contributed by atoms with van der Waals surface area (Å²) in [4.78, 5) is 12.2. The molecule has 0 aliphatic rings. The van der Waals surface area contributed by atoms with E-state index in [2.05, 4.69) is 141 Å². The van der Waals surface area contributed by atoms with E-state index in [0.29, 0.717) is 5.02 Å². The zero-order valence-corrected chi connectivity index (χ0v) is 28.5. The molecule has 5 heteroatoms. The van der Waals surface area contributed by atoms with E-state index in [0.717, 1.165) is 28.2 Å². The van der Waals surface area contributed by atoms with E-state index in [1.54, 1.807) is 12.3 Å². The highest BCUT2D eigenvalue weighted by Gasteiger charge is 2.12. The van der Waals surface area contributed by atoms with Crippen LogP contribution in [-0.2, 0) is 0 Å². The van der Waals surface area contributed by atoms with Gasteiger partial charge in [0.05, 0.1) is 22.4 Å². The lowest BCUT2D eigenvalue weighted by Gasteiger charge is -2.09. The number of para-hydroxylation sites is 4. The lowest BCUT2D eigenvalue weighted by atomic mass is 10.1. The first-order valence-electron chi connectivity index (χ1n) is 16.9. The Balaban J connectivity index is 0.000000121. The van der Waals surface area contributed by atoms with Gasteiger partial charge in [0.1, 0.15) is 0 Å². The zero-order chi connectivity index (χ0) is 34.4. The minimum atomic E-state index is 0.717. The van der Waals surface area contributed by atoms with Crippen LogP contribution in [0.2, 0.25) is 5.02 Å². The number of halogens is 1. The van der Waals surface area contributed by atoms with Crippen LogP contribution >= 0.6 is 11.6 Å². The summed E-state index contributed by atoms with van der Waals surface area (Å²) in [5.74, 6) is 0. The van der Waals surface area contributed by atoms with Gasteiger partial charge in [0, 0.05) is 66.8 Å². The molecule has 0 aliphatic heterocycles. The third-order valence-corrected chi connectivity index (χ3v) is 9.09. The van der Waals surface area contributed by atoms with Gasteiger partial charge < -0.3 is 9.55 Å². The molecule has 1 N–H and O–H groups in total. The fourth-order valence-electron chi connectivity index (χ4n) is 6.50. The van der Waals surface area contributed by atoms with Crippen molar-refractivity contribution in [3.8, 4) is 28.2 Å². The Kier molecular flexibility index (Phi) is 9.06. The van der Waals surface area contributed by atoms with Crippen molar-refractivity contribution in [1.82, 2.24) is 19.5 Å².